The number of benzene rings is 3. The monoisotopic (exact) mass is 475 g/mol. The average molecular weight is 476 g/mol. The van der Waals surface area contributed by atoms with E-state index in [1.807, 2.05) is 95.9 Å². The van der Waals surface area contributed by atoms with Gasteiger partial charge < -0.3 is 15.4 Å². The Labute approximate surface area is 208 Å². The Morgan fingerprint density at radius 2 is 1.64 bits per heavy atom. The number of anilines is 1. The van der Waals surface area contributed by atoms with Crippen LogP contribution in [-0.4, -0.2) is 39.1 Å². The van der Waals surface area contributed by atoms with Gasteiger partial charge in [0, 0.05) is 35.8 Å². The fraction of sp³-hybridized carbons (Fsp3) is 0.138. The van der Waals surface area contributed by atoms with E-state index in [0.29, 0.717) is 24.5 Å². The quantitative estimate of drug-likeness (QED) is 0.343. The smallest absolute Gasteiger partial charge is 0.253 e. The van der Waals surface area contributed by atoms with Crippen molar-refractivity contribution in [3.63, 3.8) is 0 Å². The van der Waals surface area contributed by atoms with Crippen LogP contribution in [-0.2, 0) is 0 Å². The first-order chi connectivity index (χ1) is 17.7. The first-order valence-electron chi connectivity index (χ1n) is 12.0. The summed E-state index contributed by atoms with van der Waals surface area (Å²) in [5.41, 5.74) is 10.4. The number of pyridine rings is 1. The van der Waals surface area contributed by atoms with Crippen LogP contribution in [0.4, 0.5) is 5.82 Å². The molecule has 0 bridgehead atoms. The molecule has 1 fully saturated rings. The topological polar surface area (TPSA) is 97.1 Å². The molecule has 1 amide bonds. The van der Waals surface area contributed by atoms with Gasteiger partial charge in [0.2, 0.25) is 0 Å². The fourth-order valence-electron chi connectivity index (χ4n) is 4.76. The molecule has 1 atom stereocenters. The lowest BCUT2D eigenvalue weighted by Crippen LogP contribution is -2.28. The second-order valence-electron chi connectivity index (χ2n) is 8.97. The summed E-state index contributed by atoms with van der Waals surface area (Å²) in [5, 5.41) is 8.07. The lowest BCUT2D eigenvalue weighted by atomic mass is 10.0. The summed E-state index contributed by atoms with van der Waals surface area (Å²) >= 11 is 0. The Kier molecular flexibility index (Phi) is 5.58. The van der Waals surface area contributed by atoms with E-state index in [-0.39, 0.29) is 11.8 Å². The Morgan fingerprint density at radius 3 is 2.39 bits per heavy atom. The second kappa shape index (κ2) is 9.19. The molecule has 3 heterocycles. The van der Waals surface area contributed by atoms with Gasteiger partial charge in [-0.05, 0) is 61.0 Å². The summed E-state index contributed by atoms with van der Waals surface area (Å²) in [6.07, 6.45) is 0.851. The van der Waals surface area contributed by atoms with Crippen molar-refractivity contribution in [3.05, 3.63) is 102 Å². The Bertz CT molecular complexity index is 1510. The van der Waals surface area contributed by atoms with E-state index in [9.17, 15) is 4.79 Å². The minimum Gasteiger partial charge on any atom is -0.457 e. The predicted octanol–water partition coefficient (Wildman–Crippen LogP) is 5.63. The van der Waals surface area contributed by atoms with Gasteiger partial charge in [0.1, 0.15) is 11.5 Å². The van der Waals surface area contributed by atoms with Crippen molar-refractivity contribution < 1.29 is 9.53 Å². The van der Waals surface area contributed by atoms with E-state index in [1.165, 1.54) is 0 Å². The van der Waals surface area contributed by atoms with E-state index in [0.717, 1.165) is 45.8 Å². The van der Waals surface area contributed by atoms with Gasteiger partial charge in [-0.3, -0.25) is 14.9 Å². The molecule has 3 aromatic carbocycles. The zero-order chi connectivity index (χ0) is 24.5. The van der Waals surface area contributed by atoms with Gasteiger partial charge in [-0.15, -0.1) is 0 Å². The first kappa shape index (κ1) is 21.9. The highest BCUT2D eigenvalue weighted by atomic mass is 16.5. The molecule has 7 nitrogen and oxygen atoms in total. The summed E-state index contributed by atoms with van der Waals surface area (Å²) in [5.74, 6) is 2.12. The highest BCUT2D eigenvalue weighted by Gasteiger charge is 2.30. The van der Waals surface area contributed by atoms with Crippen LogP contribution in [0, 0.1) is 0 Å². The van der Waals surface area contributed by atoms with Crippen molar-refractivity contribution in [1.29, 1.82) is 0 Å². The molecule has 1 aliphatic rings. The number of nitrogens with one attached hydrogen (secondary N) is 1. The van der Waals surface area contributed by atoms with Crippen LogP contribution in [0.3, 0.4) is 0 Å². The maximum atomic E-state index is 13.0. The molecule has 1 aliphatic heterocycles. The number of rotatable bonds is 5. The number of fused-ring (bicyclic) bond motifs is 1. The molecular weight excluding hydrogens is 450 g/mol. The molecule has 0 radical (unpaired) electrons. The lowest BCUT2D eigenvalue weighted by Gasteiger charge is -2.17. The number of nitrogens with zero attached hydrogens (tertiary/aromatic N) is 3. The number of H-pyrrole nitrogens is 1. The zero-order valence-corrected chi connectivity index (χ0v) is 19.6. The molecule has 6 rings (SSSR count). The van der Waals surface area contributed by atoms with E-state index in [2.05, 4.69) is 10.2 Å². The molecule has 0 aliphatic carbocycles. The van der Waals surface area contributed by atoms with Crippen LogP contribution in [0.1, 0.15) is 28.4 Å². The van der Waals surface area contributed by atoms with Gasteiger partial charge in [0.15, 0.2) is 5.82 Å². The molecule has 5 aromatic rings. The Morgan fingerprint density at radius 1 is 0.944 bits per heavy atom. The maximum absolute atomic E-state index is 13.0. The Hall–Kier alpha value is -4.65. The van der Waals surface area contributed by atoms with Crippen molar-refractivity contribution >= 4 is 22.6 Å². The number of aromatic nitrogens is 3. The van der Waals surface area contributed by atoms with Crippen LogP contribution in [0.25, 0.3) is 22.2 Å². The number of carbonyl (C=O) groups is 1. The number of likely N-dealkylation sites (tertiary alicyclic amines) is 1. The summed E-state index contributed by atoms with van der Waals surface area (Å²) in [6.45, 7) is 1.32. The third kappa shape index (κ3) is 4.15. The van der Waals surface area contributed by atoms with Gasteiger partial charge in [-0.2, -0.15) is 5.10 Å². The number of para-hydroxylation sites is 1. The highest BCUT2D eigenvalue weighted by molar-refractivity contribution is 6.00. The summed E-state index contributed by atoms with van der Waals surface area (Å²) < 4.78 is 5.94. The molecule has 36 heavy (non-hydrogen) atoms. The van der Waals surface area contributed by atoms with E-state index >= 15 is 0 Å². The summed E-state index contributed by atoms with van der Waals surface area (Å²) in [4.78, 5) is 19.9. The van der Waals surface area contributed by atoms with Gasteiger partial charge in [-0.25, -0.2) is 0 Å². The first-order valence-corrected chi connectivity index (χ1v) is 12.0. The van der Waals surface area contributed by atoms with Crippen LogP contribution in [0.5, 0.6) is 11.5 Å². The van der Waals surface area contributed by atoms with Crippen LogP contribution < -0.4 is 10.5 Å². The minimum atomic E-state index is 0.0548. The largest absolute Gasteiger partial charge is 0.457 e. The van der Waals surface area contributed by atoms with Crippen LogP contribution in [0.2, 0.25) is 0 Å². The molecule has 2 aromatic heterocycles. The van der Waals surface area contributed by atoms with E-state index in [1.54, 1.807) is 0 Å². The van der Waals surface area contributed by atoms with Crippen molar-refractivity contribution in [3.8, 4) is 22.8 Å². The molecule has 0 spiro atoms. The third-order valence-corrected chi connectivity index (χ3v) is 6.61. The molecule has 178 valence electrons. The highest BCUT2D eigenvalue weighted by Crippen LogP contribution is 2.36. The number of aromatic amines is 1. The minimum absolute atomic E-state index is 0.0548. The van der Waals surface area contributed by atoms with E-state index in [4.69, 9.17) is 15.5 Å². The normalized spacial score (nSPS) is 15.3. The lowest BCUT2D eigenvalue weighted by molar-refractivity contribution is 0.0790. The number of hydrogen-bond acceptors (Lipinski definition) is 5. The second-order valence-corrected chi connectivity index (χ2v) is 8.97. The van der Waals surface area contributed by atoms with Gasteiger partial charge in [-0.1, -0.05) is 36.4 Å². The molecule has 1 unspecified atom stereocenters. The van der Waals surface area contributed by atoms with Crippen LogP contribution in [0.15, 0.2) is 91.0 Å². The summed E-state index contributed by atoms with van der Waals surface area (Å²) in [7, 11) is 0. The van der Waals surface area contributed by atoms with Gasteiger partial charge >= 0.3 is 0 Å². The van der Waals surface area contributed by atoms with Crippen molar-refractivity contribution in [2.45, 2.75) is 12.3 Å². The standard InChI is InChI=1S/C29H25N5O2/c30-28-26-25(32-33-28)17-24(21-15-16-34(18-21)29(35)20-7-3-1-4-8-20)31-27(26)19-11-13-23(14-12-19)36-22-9-5-2-6-10-22/h1-14,17,21H,15-16,18H2,(H3,30,32,33). The van der Waals surface area contributed by atoms with E-state index < -0.39 is 0 Å². The van der Waals surface area contributed by atoms with Crippen molar-refractivity contribution in [2.24, 2.45) is 0 Å². The summed E-state index contributed by atoms with van der Waals surface area (Å²) in [6, 6.07) is 28.9. The Balaban J connectivity index is 1.29. The zero-order valence-electron chi connectivity index (χ0n) is 19.6. The van der Waals surface area contributed by atoms with Crippen molar-refractivity contribution in [1.82, 2.24) is 20.1 Å². The van der Waals surface area contributed by atoms with Gasteiger partial charge in [0.05, 0.1) is 16.6 Å². The fourth-order valence-corrected chi connectivity index (χ4v) is 4.76. The maximum Gasteiger partial charge on any atom is 0.253 e. The molecule has 7 heteroatoms. The number of amides is 1. The molecule has 1 saturated heterocycles. The predicted molar refractivity (Wildman–Crippen MR) is 140 cm³/mol. The van der Waals surface area contributed by atoms with Crippen molar-refractivity contribution in [2.75, 3.05) is 18.8 Å². The van der Waals surface area contributed by atoms with Gasteiger partial charge in [0.25, 0.3) is 5.91 Å². The number of ether oxygens (including phenoxy) is 1. The third-order valence-electron chi connectivity index (χ3n) is 6.61. The SMILES string of the molecule is Nc1n[nH]c2cc(C3CCN(C(=O)c4ccccc4)C3)nc(-c3ccc(Oc4ccccc4)cc3)c12. The molecular formula is C29H25N5O2. The number of nitrogen functional groups attached to an aromatic ring is 1. The number of carbonyl (C=O) groups excluding carboxylic acids is 1. The van der Waals surface area contributed by atoms with Crippen LogP contribution >= 0.6 is 0 Å². The average Bonchev–Trinajstić information content (AvgIpc) is 3.57. The molecule has 3 N–H and O–H groups in total. The number of nitrogens with two attached hydrogens (primary N) is 1. The number of hydrogen-bond donors (Lipinski definition) is 2. The molecule has 0 saturated carbocycles.